The van der Waals surface area contributed by atoms with E-state index >= 15 is 0 Å². The normalized spacial score (nSPS) is 15.4. The minimum Gasteiger partial charge on any atom is -0.378 e. The maximum Gasteiger partial charge on any atom is 0.247 e. The molecule has 0 amide bonds. The summed E-state index contributed by atoms with van der Waals surface area (Å²) in [6, 6.07) is 6.51. The fourth-order valence-electron chi connectivity index (χ4n) is 1.30. The van der Waals surface area contributed by atoms with Crippen LogP contribution in [0.1, 0.15) is 9.67 Å². The Morgan fingerprint density at radius 3 is 2.81 bits per heavy atom. The van der Waals surface area contributed by atoms with Gasteiger partial charge in [0, 0.05) is 25.1 Å². The zero-order chi connectivity index (χ0) is 11.4. The second-order valence-electron chi connectivity index (χ2n) is 3.27. The van der Waals surface area contributed by atoms with E-state index in [1.54, 1.807) is 6.07 Å². The van der Waals surface area contributed by atoms with Gasteiger partial charge >= 0.3 is 0 Å². The number of carbonyl (C=O) groups is 1. The van der Waals surface area contributed by atoms with E-state index in [0.29, 0.717) is 18.1 Å². The summed E-state index contributed by atoms with van der Waals surface area (Å²) in [6.45, 7) is 2.92. The van der Waals surface area contributed by atoms with E-state index in [0.717, 1.165) is 16.9 Å². The van der Waals surface area contributed by atoms with E-state index in [1.807, 2.05) is 11.0 Å². The van der Waals surface area contributed by atoms with Crippen LogP contribution in [-0.2, 0) is 4.74 Å². The van der Waals surface area contributed by atoms with Crippen molar-refractivity contribution in [3.8, 4) is 12.0 Å². The number of halogens is 1. The summed E-state index contributed by atoms with van der Waals surface area (Å²) in [7, 11) is 0. The molecule has 5 heteroatoms. The number of hydrogen-bond acceptors (Lipinski definition) is 4. The van der Waals surface area contributed by atoms with Gasteiger partial charge in [0.1, 0.15) is 0 Å². The summed E-state index contributed by atoms with van der Waals surface area (Å²) in [5.41, 5.74) is 0. The van der Waals surface area contributed by atoms with E-state index < -0.39 is 0 Å². The van der Waals surface area contributed by atoms with E-state index in [4.69, 9.17) is 4.74 Å². The number of thiophene rings is 1. The first-order valence-electron chi connectivity index (χ1n) is 4.90. The molecule has 0 radical (unpaired) electrons. The quantitative estimate of drug-likeness (QED) is 0.587. The van der Waals surface area contributed by atoms with E-state index in [-0.39, 0.29) is 5.78 Å². The lowest BCUT2D eigenvalue weighted by molar-refractivity contribution is 0.0637. The van der Waals surface area contributed by atoms with Crippen LogP contribution < -0.4 is 0 Å². The highest BCUT2D eigenvalue weighted by Gasteiger charge is 2.08. The molecule has 1 saturated heterocycles. The average Bonchev–Trinajstić information content (AvgIpc) is 2.74. The van der Waals surface area contributed by atoms with Gasteiger partial charge in [-0.15, -0.1) is 11.3 Å². The van der Waals surface area contributed by atoms with Crippen LogP contribution in [0.2, 0.25) is 0 Å². The number of morpholine rings is 1. The van der Waals surface area contributed by atoms with Gasteiger partial charge in [-0.1, -0.05) is 0 Å². The number of nitrogens with zero attached hydrogens (tertiary/aromatic N) is 1. The maximum absolute atomic E-state index is 11.7. The first-order chi connectivity index (χ1) is 7.75. The van der Waals surface area contributed by atoms with Crippen molar-refractivity contribution in [3.63, 3.8) is 0 Å². The molecule has 0 aliphatic carbocycles. The Balaban J connectivity index is 1.98. The Bertz CT molecular complexity index is 440. The molecule has 0 N–H and O–H groups in total. The summed E-state index contributed by atoms with van der Waals surface area (Å²) in [4.78, 5) is 14.3. The lowest BCUT2D eigenvalue weighted by Crippen LogP contribution is -2.32. The molecule has 3 nitrogen and oxygen atoms in total. The van der Waals surface area contributed by atoms with Crippen molar-refractivity contribution in [2.45, 2.75) is 0 Å². The molecule has 84 valence electrons. The first-order valence-corrected chi connectivity index (χ1v) is 6.50. The predicted octanol–water partition coefficient (Wildman–Crippen LogP) is 1.99. The molecule has 2 heterocycles. The average molecular weight is 300 g/mol. The van der Waals surface area contributed by atoms with Crippen molar-refractivity contribution in [3.05, 3.63) is 20.8 Å². The number of ketones is 1. The number of rotatable bonds is 1. The van der Waals surface area contributed by atoms with E-state index in [9.17, 15) is 4.79 Å². The highest BCUT2D eigenvalue weighted by Crippen LogP contribution is 2.22. The fourth-order valence-corrected chi connectivity index (χ4v) is 2.58. The van der Waals surface area contributed by atoms with Crippen molar-refractivity contribution >= 4 is 33.0 Å². The van der Waals surface area contributed by atoms with Gasteiger partial charge < -0.3 is 9.64 Å². The standard InChI is InChI=1S/C11H10BrNO2S/c12-11-2-1-10(16-11)9(14)3-4-13-5-7-15-8-6-13/h1-2H,5-8H2. The van der Waals surface area contributed by atoms with E-state index in [1.165, 1.54) is 11.3 Å². The second kappa shape index (κ2) is 5.48. The lowest BCUT2D eigenvalue weighted by Gasteiger charge is -2.22. The van der Waals surface area contributed by atoms with Gasteiger partial charge in [0.2, 0.25) is 5.78 Å². The number of carbonyl (C=O) groups excluding carboxylic acids is 1. The van der Waals surface area contributed by atoms with Crippen molar-refractivity contribution in [2.24, 2.45) is 0 Å². The van der Waals surface area contributed by atoms with Crippen LogP contribution >= 0.6 is 27.3 Å². The van der Waals surface area contributed by atoms with Crippen molar-refractivity contribution in [2.75, 3.05) is 26.3 Å². The molecule has 0 spiro atoms. The minimum absolute atomic E-state index is 0.123. The van der Waals surface area contributed by atoms with Gasteiger partial charge in [-0.05, 0) is 28.1 Å². The Hall–Kier alpha value is -0.830. The molecule has 16 heavy (non-hydrogen) atoms. The molecule has 0 aromatic carbocycles. The third kappa shape index (κ3) is 3.08. The van der Waals surface area contributed by atoms with Gasteiger partial charge in [0.25, 0.3) is 0 Å². The van der Waals surface area contributed by atoms with Crippen molar-refractivity contribution in [1.82, 2.24) is 4.90 Å². The molecule has 1 aromatic heterocycles. The molecular weight excluding hydrogens is 290 g/mol. The van der Waals surface area contributed by atoms with Gasteiger partial charge in [0.15, 0.2) is 0 Å². The largest absolute Gasteiger partial charge is 0.378 e. The molecule has 0 bridgehead atoms. The SMILES string of the molecule is O=C(C#CN1CCOCC1)c1ccc(Br)s1. The van der Waals surface area contributed by atoms with Crippen molar-refractivity contribution in [1.29, 1.82) is 0 Å². The van der Waals surface area contributed by atoms with Crippen LogP contribution in [0.25, 0.3) is 0 Å². The van der Waals surface area contributed by atoms with Gasteiger partial charge in [-0.2, -0.15) is 0 Å². The molecule has 0 unspecified atom stereocenters. The molecule has 1 aliphatic heterocycles. The van der Waals surface area contributed by atoms with Gasteiger partial charge in [-0.25, -0.2) is 0 Å². The number of Topliss-reactive ketones (excluding diaryl/α,β-unsaturated/α-hetero) is 1. The Morgan fingerprint density at radius 2 is 2.19 bits per heavy atom. The van der Waals surface area contributed by atoms with Crippen LogP contribution in [0.15, 0.2) is 15.9 Å². The molecule has 2 rings (SSSR count). The highest BCUT2D eigenvalue weighted by atomic mass is 79.9. The smallest absolute Gasteiger partial charge is 0.247 e. The zero-order valence-electron chi connectivity index (χ0n) is 8.53. The highest BCUT2D eigenvalue weighted by molar-refractivity contribution is 9.11. The number of ether oxygens (including phenoxy) is 1. The Kier molecular flexibility index (Phi) is 3.99. The monoisotopic (exact) mass is 299 g/mol. The lowest BCUT2D eigenvalue weighted by atomic mass is 10.3. The summed E-state index contributed by atoms with van der Waals surface area (Å²) < 4.78 is 6.14. The van der Waals surface area contributed by atoms with Gasteiger partial charge in [-0.3, -0.25) is 4.79 Å². The number of hydrogen-bond donors (Lipinski definition) is 0. The summed E-state index contributed by atoms with van der Waals surface area (Å²) >= 11 is 4.72. The van der Waals surface area contributed by atoms with Crippen LogP contribution in [-0.4, -0.2) is 37.0 Å². The van der Waals surface area contributed by atoms with Crippen molar-refractivity contribution < 1.29 is 9.53 Å². The van der Waals surface area contributed by atoms with Gasteiger partial charge in [0.05, 0.1) is 21.9 Å². The molecule has 1 aliphatic rings. The molecule has 0 atom stereocenters. The molecule has 0 saturated carbocycles. The zero-order valence-corrected chi connectivity index (χ0v) is 10.9. The fraction of sp³-hybridized carbons (Fsp3) is 0.364. The minimum atomic E-state index is -0.123. The summed E-state index contributed by atoms with van der Waals surface area (Å²) in [5.74, 6) is 2.53. The van der Waals surface area contributed by atoms with Crippen LogP contribution in [0.4, 0.5) is 0 Å². The Labute approximate surface area is 107 Å². The van der Waals surface area contributed by atoms with Crippen LogP contribution in [0.5, 0.6) is 0 Å². The molecule has 1 aromatic rings. The Morgan fingerprint density at radius 1 is 1.44 bits per heavy atom. The predicted molar refractivity (Wildman–Crippen MR) is 66.5 cm³/mol. The summed E-state index contributed by atoms with van der Waals surface area (Å²) in [6.07, 6.45) is 0. The van der Waals surface area contributed by atoms with E-state index in [2.05, 4.69) is 27.9 Å². The first kappa shape index (κ1) is 11.6. The third-order valence-electron chi connectivity index (χ3n) is 2.14. The van der Waals surface area contributed by atoms with Crippen LogP contribution in [0.3, 0.4) is 0 Å². The molecule has 1 fully saturated rings. The maximum atomic E-state index is 11.7. The van der Waals surface area contributed by atoms with Crippen LogP contribution in [0, 0.1) is 12.0 Å². The topological polar surface area (TPSA) is 29.5 Å². The third-order valence-corrected chi connectivity index (χ3v) is 3.76. The molecular formula is C11H10BrNO2S. The summed E-state index contributed by atoms with van der Waals surface area (Å²) in [5, 5.41) is 0. The second-order valence-corrected chi connectivity index (χ2v) is 5.73.